The highest BCUT2D eigenvalue weighted by atomic mass is 16.6. The molecule has 0 aliphatic rings. The monoisotopic (exact) mass is 324 g/mol. The molecule has 0 bridgehead atoms. The van der Waals surface area contributed by atoms with Gasteiger partial charge < -0.3 is 9.47 Å². The third kappa shape index (κ3) is 4.32. The van der Waals surface area contributed by atoms with Gasteiger partial charge in [-0.15, -0.1) is 0 Å². The van der Waals surface area contributed by atoms with Crippen LogP contribution in [0, 0.1) is 5.92 Å². The summed E-state index contributed by atoms with van der Waals surface area (Å²) in [6.45, 7) is 7.78. The van der Waals surface area contributed by atoms with E-state index in [2.05, 4.69) is 6.58 Å². The summed E-state index contributed by atoms with van der Waals surface area (Å²) < 4.78 is 11.0. The molecule has 0 amide bonds. The lowest BCUT2D eigenvalue weighted by Crippen LogP contribution is -2.12. The molecule has 124 valence electrons. The zero-order valence-corrected chi connectivity index (χ0v) is 13.8. The molecular weight excluding hydrogens is 304 g/mol. The summed E-state index contributed by atoms with van der Waals surface area (Å²) in [6.07, 6.45) is 1.07. The predicted molar refractivity (Wildman–Crippen MR) is 92.5 cm³/mol. The Morgan fingerprint density at radius 3 is 2.42 bits per heavy atom. The molecule has 0 fully saturated rings. The maximum Gasteiger partial charge on any atom is 0.335 e. The average Bonchev–Trinajstić information content (AvgIpc) is 2.60. The minimum Gasteiger partial charge on any atom is -0.489 e. The minimum absolute atomic E-state index is 0.189. The lowest BCUT2D eigenvalue weighted by atomic mass is 10.0. The molecule has 0 atom stereocenters. The van der Waals surface area contributed by atoms with Crippen LogP contribution in [0.4, 0.5) is 0 Å². The molecule has 0 aliphatic carbocycles. The lowest BCUT2D eigenvalue weighted by molar-refractivity contribution is -0.129. The number of carbonyl (C=O) groups is 2. The van der Waals surface area contributed by atoms with E-state index in [1.807, 2.05) is 19.9 Å². The quantitative estimate of drug-likeness (QED) is 0.334. The van der Waals surface area contributed by atoms with Crippen LogP contribution in [0.25, 0.3) is 0 Å². The zero-order chi connectivity index (χ0) is 17.5. The van der Waals surface area contributed by atoms with Gasteiger partial charge >= 0.3 is 5.97 Å². The smallest absolute Gasteiger partial charge is 0.335 e. The number of hydrogen-bond donors (Lipinski definition) is 0. The van der Waals surface area contributed by atoms with Gasteiger partial charge in [0, 0.05) is 11.6 Å². The summed E-state index contributed by atoms with van der Waals surface area (Å²) in [5, 5.41) is 0. The first-order valence-corrected chi connectivity index (χ1v) is 7.72. The van der Waals surface area contributed by atoms with Crippen molar-refractivity contribution in [1.29, 1.82) is 0 Å². The second-order valence-electron chi connectivity index (χ2n) is 5.66. The number of hydrogen-bond acceptors (Lipinski definition) is 4. The molecular formula is C20H20O4. The number of para-hydroxylation sites is 1. The Morgan fingerprint density at radius 1 is 1.08 bits per heavy atom. The molecule has 2 aromatic rings. The normalized spacial score (nSPS) is 10.3. The number of benzene rings is 2. The Morgan fingerprint density at radius 2 is 1.79 bits per heavy atom. The van der Waals surface area contributed by atoms with Crippen molar-refractivity contribution in [1.82, 2.24) is 0 Å². The standard InChI is InChI=1S/C20H20O4/c1-4-18(21)24-17-12-8-11-16(20(17)23-13-14(2)3)19(22)15-9-6-5-7-10-15/h4-12,14H,1,13H2,2-3H3. The van der Waals surface area contributed by atoms with Crippen molar-refractivity contribution in [2.45, 2.75) is 13.8 Å². The first-order valence-electron chi connectivity index (χ1n) is 7.72. The molecule has 0 N–H and O–H groups in total. The van der Waals surface area contributed by atoms with Crippen LogP contribution in [0.2, 0.25) is 0 Å². The van der Waals surface area contributed by atoms with Gasteiger partial charge in [0.25, 0.3) is 0 Å². The van der Waals surface area contributed by atoms with Crippen molar-refractivity contribution in [2.75, 3.05) is 6.61 Å². The largest absolute Gasteiger partial charge is 0.489 e. The van der Waals surface area contributed by atoms with Gasteiger partial charge in [-0.25, -0.2) is 4.79 Å². The van der Waals surface area contributed by atoms with Gasteiger partial charge in [-0.05, 0) is 18.1 Å². The highest BCUT2D eigenvalue weighted by molar-refractivity contribution is 6.11. The Bertz CT molecular complexity index is 733. The van der Waals surface area contributed by atoms with Crippen LogP contribution in [-0.4, -0.2) is 18.4 Å². The van der Waals surface area contributed by atoms with Crippen LogP contribution in [0.1, 0.15) is 29.8 Å². The summed E-state index contributed by atoms with van der Waals surface area (Å²) in [7, 11) is 0. The van der Waals surface area contributed by atoms with Crippen LogP contribution >= 0.6 is 0 Å². The van der Waals surface area contributed by atoms with Gasteiger partial charge in [0.2, 0.25) is 0 Å². The van der Waals surface area contributed by atoms with Crippen LogP contribution < -0.4 is 9.47 Å². The van der Waals surface area contributed by atoms with Crippen LogP contribution in [0.5, 0.6) is 11.5 Å². The highest BCUT2D eigenvalue weighted by Gasteiger charge is 2.20. The van der Waals surface area contributed by atoms with Crippen LogP contribution in [0.15, 0.2) is 61.2 Å². The van der Waals surface area contributed by atoms with E-state index in [1.165, 1.54) is 0 Å². The maximum atomic E-state index is 12.8. The molecule has 24 heavy (non-hydrogen) atoms. The third-order valence-corrected chi connectivity index (χ3v) is 3.20. The first kappa shape index (κ1) is 17.5. The second kappa shape index (κ2) is 8.11. The molecule has 0 saturated heterocycles. The summed E-state index contributed by atoms with van der Waals surface area (Å²) in [4.78, 5) is 24.3. The van der Waals surface area contributed by atoms with Crippen molar-refractivity contribution in [3.8, 4) is 11.5 Å². The van der Waals surface area contributed by atoms with E-state index in [4.69, 9.17) is 9.47 Å². The minimum atomic E-state index is -0.603. The summed E-state index contributed by atoms with van der Waals surface area (Å²) in [6, 6.07) is 13.8. The van der Waals surface area contributed by atoms with E-state index in [-0.39, 0.29) is 23.2 Å². The Kier molecular flexibility index (Phi) is 5.90. The summed E-state index contributed by atoms with van der Waals surface area (Å²) >= 11 is 0. The Labute approximate surface area is 141 Å². The highest BCUT2D eigenvalue weighted by Crippen LogP contribution is 2.33. The van der Waals surface area contributed by atoms with Gasteiger partial charge in [-0.2, -0.15) is 0 Å². The third-order valence-electron chi connectivity index (χ3n) is 3.20. The van der Waals surface area contributed by atoms with Gasteiger partial charge in [0.15, 0.2) is 17.3 Å². The fraction of sp³-hybridized carbons (Fsp3) is 0.200. The summed E-state index contributed by atoms with van der Waals surface area (Å²) in [5.41, 5.74) is 0.898. The van der Waals surface area contributed by atoms with Gasteiger partial charge in [-0.3, -0.25) is 4.79 Å². The second-order valence-corrected chi connectivity index (χ2v) is 5.66. The number of ether oxygens (including phenoxy) is 2. The van der Waals surface area contributed by atoms with Crippen molar-refractivity contribution >= 4 is 11.8 Å². The molecule has 0 spiro atoms. The van der Waals surface area contributed by atoms with Gasteiger partial charge in [-0.1, -0.05) is 56.8 Å². The van der Waals surface area contributed by atoms with E-state index in [9.17, 15) is 9.59 Å². The van der Waals surface area contributed by atoms with E-state index >= 15 is 0 Å². The van der Waals surface area contributed by atoms with Crippen LogP contribution in [0.3, 0.4) is 0 Å². The molecule has 0 heterocycles. The van der Waals surface area contributed by atoms with E-state index in [0.29, 0.717) is 17.7 Å². The number of ketones is 1. The fourth-order valence-corrected chi connectivity index (χ4v) is 2.07. The lowest BCUT2D eigenvalue weighted by Gasteiger charge is -2.16. The molecule has 4 nitrogen and oxygen atoms in total. The Hall–Kier alpha value is -2.88. The average molecular weight is 324 g/mol. The summed E-state index contributed by atoms with van der Waals surface area (Å²) in [5.74, 6) is -0.0509. The molecule has 0 saturated carbocycles. The molecule has 0 radical (unpaired) electrons. The molecule has 0 unspecified atom stereocenters. The Balaban J connectivity index is 2.45. The van der Waals surface area contributed by atoms with Crippen molar-refractivity contribution < 1.29 is 19.1 Å². The number of rotatable bonds is 7. The van der Waals surface area contributed by atoms with E-state index < -0.39 is 5.97 Å². The van der Waals surface area contributed by atoms with Crippen molar-refractivity contribution in [3.63, 3.8) is 0 Å². The number of carbonyl (C=O) groups excluding carboxylic acids is 2. The molecule has 0 aliphatic heterocycles. The molecule has 2 aromatic carbocycles. The number of esters is 1. The first-order chi connectivity index (χ1) is 11.5. The zero-order valence-electron chi connectivity index (χ0n) is 13.8. The van der Waals surface area contributed by atoms with E-state index in [1.54, 1.807) is 42.5 Å². The van der Waals surface area contributed by atoms with Gasteiger partial charge in [0.1, 0.15) is 0 Å². The van der Waals surface area contributed by atoms with Crippen LogP contribution in [-0.2, 0) is 4.79 Å². The predicted octanol–water partition coefficient (Wildman–Crippen LogP) is 4.04. The molecule has 4 heteroatoms. The molecule has 0 aromatic heterocycles. The van der Waals surface area contributed by atoms with Gasteiger partial charge in [0.05, 0.1) is 12.2 Å². The van der Waals surface area contributed by atoms with E-state index in [0.717, 1.165) is 6.08 Å². The maximum absolute atomic E-state index is 12.8. The SMILES string of the molecule is C=CC(=O)Oc1cccc(C(=O)c2ccccc2)c1OCC(C)C. The topological polar surface area (TPSA) is 52.6 Å². The molecule has 2 rings (SSSR count). The fourth-order valence-electron chi connectivity index (χ4n) is 2.07. The van der Waals surface area contributed by atoms with Crippen molar-refractivity contribution in [3.05, 3.63) is 72.3 Å². The van der Waals surface area contributed by atoms with Crippen molar-refractivity contribution in [2.24, 2.45) is 5.92 Å².